The van der Waals surface area contributed by atoms with E-state index in [0.717, 1.165) is 88.4 Å². The summed E-state index contributed by atoms with van der Waals surface area (Å²) in [6.45, 7) is 0. The molecule has 0 radical (unpaired) electrons. The highest BCUT2D eigenvalue weighted by Gasteiger charge is 2.41. The molecule has 0 aliphatic rings. The highest BCUT2D eigenvalue weighted by Crippen LogP contribution is 2.45. The Morgan fingerprint density at radius 1 is 0.302 bits per heavy atom. The van der Waals surface area contributed by atoms with E-state index in [1.165, 1.54) is 0 Å². The maximum atomic E-state index is 5.58. The normalized spacial score (nSPS) is 11.8. The van der Waals surface area contributed by atoms with Gasteiger partial charge in [-0.25, -0.2) is 9.97 Å². The molecular formula is C49H32N4. The van der Waals surface area contributed by atoms with Crippen LogP contribution in [0.1, 0.15) is 22.5 Å². The number of hydrogen-bond donors (Lipinski definition) is 0. The van der Waals surface area contributed by atoms with Gasteiger partial charge in [0.25, 0.3) is 0 Å². The van der Waals surface area contributed by atoms with E-state index in [1.807, 2.05) is 24.5 Å². The molecule has 0 amide bonds. The lowest BCUT2D eigenvalue weighted by molar-refractivity contribution is 0.695. The molecule has 0 atom stereocenters. The fourth-order valence-corrected chi connectivity index (χ4v) is 7.82. The van der Waals surface area contributed by atoms with Crippen LogP contribution in [0.4, 0.5) is 0 Å². The van der Waals surface area contributed by atoms with E-state index in [4.69, 9.17) is 19.9 Å². The van der Waals surface area contributed by atoms with Crippen LogP contribution in [0.3, 0.4) is 0 Å². The number of pyridine rings is 4. The number of hydrogen-bond acceptors (Lipinski definition) is 4. The van der Waals surface area contributed by atoms with Crippen LogP contribution < -0.4 is 0 Å². The molecule has 0 N–H and O–H groups in total. The Labute approximate surface area is 307 Å². The van der Waals surface area contributed by atoms with Gasteiger partial charge in [-0.3, -0.25) is 9.97 Å². The van der Waals surface area contributed by atoms with Gasteiger partial charge in [0.1, 0.15) is 5.41 Å². The molecule has 4 heteroatoms. The summed E-state index contributed by atoms with van der Waals surface area (Å²) in [7, 11) is 0. The largest absolute Gasteiger partial charge is 0.253 e. The molecule has 53 heavy (non-hydrogen) atoms. The van der Waals surface area contributed by atoms with Crippen molar-refractivity contribution in [2.75, 3.05) is 0 Å². The Kier molecular flexibility index (Phi) is 7.33. The second-order valence-corrected chi connectivity index (χ2v) is 13.5. The zero-order chi connectivity index (χ0) is 35.2. The van der Waals surface area contributed by atoms with Crippen LogP contribution in [-0.2, 0) is 5.41 Å². The summed E-state index contributed by atoms with van der Waals surface area (Å²) in [6, 6.07) is 63.7. The molecule has 0 unspecified atom stereocenters. The average molecular weight is 677 g/mol. The Morgan fingerprint density at radius 3 is 1.08 bits per heavy atom. The molecule has 0 aliphatic carbocycles. The lowest BCUT2D eigenvalue weighted by atomic mass is 9.69. The van der Waals surface area contributed by atoms with Crippen LogP contribution in [-0.4, -0.2) is 19.9 Å². The summed E-state index contributed by atoms with van der Waals surface area (Å²) in [6.07, 6.45) is 3.92. The minimum atomic E-state index is -0.858. The van der Waals surface area contributed by atoms with Gasteiger partial charge in [-0.2, -0.15) is 0 Å². The molecule has 10 aromatic rings. The molecule has 0 spiro atoms. The summed E-state index contributed by atoms with van der Waals surface area (Å²) < 4.78 is 0. The van der Waals surface area contributed by atoms with Gasteiger partial charge in [0, 0.05) is 45.1 Å². The van der Waals surface area contributed by atoms with Gasteiger partial charge in [-0.05, 0) is 46.5 Å². The highest BCUT2D eigenvalue weighted by atomic mass is 14.8. The van der Waals surface area contributed by atoms with Gasteiger partial charge >= 0.3 is 0 Å². The zero-order valence-corrected chi connectivity index (χ0v) is 28.8. The molecule has 248 valence electrons. The van der Waals surface area contributed by atoms with Crippen LogP contribution in [0, 0.1) is 0 Å². The van der Waals surface area contributed by atoms with Crippen LogP contribution in [0.2, 0.25) is 0 Å². The molecule has 0 bridgehead atoms. The van der Waals surface area contributed by atoms with E-state index in [0.29, 0.717) is 0 Å². The van der Waals surface area contributed by atoms with Crippen LogP contribution in [0.25, 0.3) is 65.9 Å². The maximum Gasteiger partial charge on any atom is 0.105 e. The minimum absolute atomic E-state index is 0.858. The summed E-state index contributed by atoms with van der Waals surface area (Å²) in [5, 5.41) is 4.16. The smallest absolute Gasteiger partial charge is 0.105 e. The third-order valence-electron chi connectivity index (χ3n) is 10.4. The first-order valence-electron chi connectivity index (χ1n) is 17.9. The minimum Gasteiger partial charge on any atom is -0.253 e. The predicted molar refractivity (Wildman–Crippen MR) is 217 cm³/mol. The van der Waals surface area contributed by atoms with Crippen LogP contribution >= 0.6 is 0 Å². The summed E-state index contributed by atoms with van der Waals surface area (Å²) >= 11 is 0. The van der Waals surface area contributed by atoms with E-state index < -0.39 is 5.41 Å². The monoisotopic (exact) mass is 676 g/mol. The van der Waals surface area contributed by atoms with E-state index >= 15 is 0 Å². The number of benzene rings is 6. The van der Waals surface area contributed by atoms with Crippen molar-refractivity contribution in [1.29, 1.82) is 0 Å². The second-order valence-electron chi connectivity index (χ2n) is 13.5. The topological polar surface area (TPSA) is 51.6 Å². The standard InChI is InChI=1S/C49H32N4/c1-5-13-33(14-6-1)39-29-37-23-21-35-25-27-43(52-47(35)45(37)50-31-39)49(41-17-9-3-10-18-41,42-19-11-4-12-20-42)44-28-26-36-22-24-38-30-40(34-15-7-2-8-16-34)32-51-46(38)48(36)53-44/h1-32H. The Bertz CT molecular complexity index is 2720. The second kappa shape index (κ2) is 12.6. The average Bonchev–Trinajstić information content (AvgIpc) is 3.25. The lowest BCUT2D eigenvalue weighted by Crippen LogP contribution is -2.33. The van der Waals surface area contributed by atoms with Gasteiger partial charge in [0.15, 0.2) is 0 Å². The Balaban J connectivity index is 1.24. The Hall–Kier alpha value is -7.04. The van der Waals surface area contributed by atoms with Crippen molar-refractivity contribution in [1.82, 2.24) is 19.9 Å². The van der Waals surface area contributed by atoms with Crippen molar-refractivity contribution >= 4 is 43.6 Å². The number of rotatable bonds is 6. The third-order valence-corrected chi connectivity index (χ3v) is 10.4. The first kappa shape index (κ1) is 30.8. The molecule has 4 heterocycles. The van der Waals surface area contributed by atoms with Crippen molar-refractivity contribution in [3.63, 3.8) is 0 Å². The predicted octanol–water partition coefficient (Wildman–Crippen LogP) is 11.6. The van der Waals surface area contributed by atoms with Gasteiger partial charge < -0.3 is 0 Å². The van der Waals surface area contributed by atoms with Crippen molar-refractivity contribution in [3.05, 3.63) is 217 Å². The molecule has 0 saturated heterocycles. The van der Waals surface area contributed by atoms with Gasteiger partial charge in [-0.15, -0.1) is 0 Å². The lowest BCUT2D eigenvalue weighted by Gasteiger charge is -2.35. The molecule has 0 aliphatic heterocycles. The summed E-state index contributed by atoms with van der Waals surface area (Å²) in [5.41, 5.74) is 10.9. The molecular weight excluding hydrogens is 645 g/mol. The highest BCUT2D eigenvalue weighted by molar-refractivity contribution is 6.05. The van der Waals surface area contributed by atoms with Gasteiger partial charge in [-0.1, -0.05) is 158 Å². The zero-order valence-electron chi connectivity index (χ0n) is 28.8. The van der Waals surface area contributed by atoms with Crippen molar-refractivity contribution in [2.45, 2.75) is 5.41 Å². The summed E-state index contributed by atoms with van der Waals surface area (Å²) in [5.74, 6) is 0. The van der Waals surface area contributed by atoms with Crippen LogP contribution in [0.5, 0.6) is 0 Å². The third kappa shape index (κ3) is 5.15. The first-order valence-corrected chi connectivity index (χ1v) is 17.9. The van der Waals surface area contributed by atoms with E-state index in [9.17, 15) is 0 Å². The van der Waals surface area contributed by atoms with Crippen molar-refractivity contribution in [3.8, 4) is 22.3 Å². The van der Waals surface area contributed by atoms with Gasteiger partial charge in [0.2, 0.25) is 0 Å². The quantitative estimate of drug-likeness (QED) is 0.165. The van der Waals surface area contributed by atoms with Crippen LogP contribution in [0.15, 0.2) is 194 Å². The number of fused-ring (bicyclic) bond motifs is 6. The van der Waals surface area contributed by atoms with Gasteiger partial charge in [0.05, 0.1) is 33.5 Å². The van der Waals surface area contributed by atoms with E-state index in [2.05, 4.69) is 170 Å². The molecule has 0 saturated carbocycles. The number of aromatic nitrogens is 4. The van der Waals surface area contributed by atoms with E-state index in [-0.39, 0.29) is 0 Å². The fourth-order valence-electron chi connectivity index (χ4n) is 7.82. The SMILES string of the molecule is c1ccc(-c2cnc3c(ccc4ccc(C(c5ccccc5)(c5ccccc5)c5ccc6ccc7cc(-c8ccccc8)cnc7c6n5)nc43)c2)cc1. The maximum absolute atomic E-state index is 5.58. The van der Waals surface area contributed by atoms with Crippen molar-refractivity contribution < 1.29 is 0 Å². The fraction of sp³-hybridized carbons (Fsp3) is 0.0204. The van der Waals surface area contributed by atoms with E-state index in [1.54, 1.807) is 0 Å². The first-order chi connectivity index (χ1) is 26.3. The Morgan fingerprint density at radius 2 is 0.660 bits per heavy atom. The summed E-state index contributed by atoms with van der Waals surface area (Å²) in [4.78, 5) is 21.2. The molecule has 4 nitrogen and oxygen atoms in total. The molecule has 0 fully saturated rings. The van der Waals surface area contributed by atoms with Crippen molar-refractivity contribution in [2.24, 2.45) is 0 Å². The number of nitrogens with zero attached hydrogens (tertiary/aromatic N) is 4. The molecule has 6 aromatic carbocycles. The molecule has 10 rings (SSSR count). The molecule has 4 aromatic heterocycles.